The second-order valence-corrected chi connectivity index (χ2v) is 8.51. The Morgan fingerprint density at radius 2 is 1.79 bits per heavy atom. The lowest BCUT2D eigenvalue weighted by Gasteiger charge is -2.36. The number of halogens is 1. The molecule has 0 aliphatic carbocycles. The van der Waals surface area contributed by atoms with Crippen LogP contribution in [0.4, 0.5) is 11.4 Å². The maximum Gasteiger partial charge on any atom is 0.250 e. The largest absolute Gasteiger partial charge is 0.465 e. The summed E-state index contributed by atoms with van der Waals surface area (Å²) in [4.78, 5) is 16.8. The van der Waals surface area contributed by atoms with E-state index in [2.05, 4.69) is 38.6 Å². The summed E-state index contributed by atoms with van der Waals surface area (Å²) in [6, 6.07) is 19.6. The first-order valence-electron chi connectivity index (χ1n) is 10.7. The Balaban J connectivity index is 1.23. The molecule has 170 valence electrons. The highest BCUT2D eigenvalue weighted by atomic mass is 35.5. The van der Waals surface area contributed by atoms with Crippen LogP contribution in [-0.2, 0) is 11.3 Å². The van der Waals surface area contributed by atoms with E-state index in [-0.39, 0.29) is 11.0 Å². The van der Waals surface area contributed by atoms with Gasteiger partial charge in [0, 0.05) is 55.2 Å². The first kappa shape index (κ1) is 23.0. The lowest BCUT2D eigenvalue weighted by Crippen LogP contribution is -2.46. The first-order chi connectivity index (χ1) is 16.1. The molecule has 0 spiro atoms. The summed E-state index contributed by atoms with van der Waals surface area (Å²) >= 11 is 11.5. The van der Waals surface area contributed by atoms with Crippen LogP contribution >= 0.6 is 23.8 Å². The molecule has 2 N–H and O–H groups in total. The second kappa shape index (κ2) is 11.1. The number of hydrogen-bond donors (Lipinski definition) is 2. The predicted octanol–water partition coefficient (Wildman–Crippen LogP) is 4.78. The van der Waals surface area contributed by atoms with Crippen LogP contribution in [0, 0.1) is 0 Å². The molecule has 1 amide bonds. The number of nitrogens with one attached hydrogen (secondary N) is 2. The first-order valence-corrected chi connectivity index (χ1v) is 11.5. The van der Waals surface area contributed by atoms with E-state index in [0.29, 0.717) is 5.76 Å². The summed E-state index contributed by atoms with van der Waals surface area (Å²) in [7, 11) is 0. The molecule has 2 heterocycles. The standard InChI is InChI=1S/C25H25ClN4O2S/c26-23-6-2-1-4-19(23)18-29-13-15-30(16-14-29)21-9-7-20(8-10-21)27-25(33)28-24(31)12-11-22-5-3-17-32-22/h1-12,17H,13-16,18H2,(H2,27,28,31,33)/b12-11+. The smallest absolute Gasteiger partial charge is 0.250 e. The van der Waals surface area contributed by atoms with E-state index in [1.807, 2.05) is 30.3 Å². The van der Waals surface area contributed by atoms with E-state index in [4.69, 9.17) is 28.2 Å². The third-order valence-electron chi connectivity index (χ3n) is 5.39. The Morgan fingerprint density at radius 1 is 1.03 bits per heavy atom. The highest BCUT2D eigenvalue weighted by molar-refractivity contribution is 7.80. The molecule has 0 saturated carbocycles. The van der Waals surface area contributed by atoms with E-state index in [0.717, 1.165) is 49.1 Å². The van der Waals surface area contributed by atoms with Gasteiger partial charge >= 0.3 is 0 Å². The van der Waals surface area contributed by atoms with E-state index < -0.39 is 0 Å². The normalized spacial score (nSPS) is 14.4. The van der Waals surface area contributed by atoms with Crippen LogP contribution in [-0.4, -0.2) is 42.1 Å². The zero-order chi connectivity index (χ0) is 23.0. The number of thiocarbonyl (C=S) groups is 1. The summed E-state index contributed by atoms with van der Waals surface area (Å²) in [5, 5.41) is 6.73. The third-order valence-corrected chi connectivity index (χ3v) is 5.97. The van der Waals surface area contributed by atoms with Gasteiger partial charge in [0.1, 0.15) is 5.76 Å². The van der Waals surface area contributed by atoms with Crippen molar-refractivity contribution in [1.82, 2.24) is 10.2 Å². The predicted molar refractivity (Wildman–Crippen MR) is 137 cm³/mol. The molecule has 0 bridgehead atoms. The van der Waals surface area contributed by atoms with Crippen LogP contribution in [0.2, 0.25) is 5.02 Å². The third kappa shape index (κ3) is 6.68. The molecule has 0 radical (unpaired) electrons. The van der Waals surface area contributed by atoms with Gasteiger partial charge in [-0.2, -0.15) is 0 Å². The zero-order valence-electron chi connectivity index (χ0n) is 18.0. The average Bonchev–Trinajstić information content (AvgIpc) is 3.34. The summed E-state index contributed by atoms with van der Waals surface area (Å²) in [6.07, 6.45) is 4.51. The molecule has 1 aromatic heterocycles. The number of anilines is 2. The van der Waals surface area contributed by atoms with Crippen molar-refractivity contribution in [1.29, 1.82) is 0 Å². The second-order valence-electron chi connectivity index (χ2n) is 7.69. The van der Waals surface area contributed by atoms with Gasteiger partial charge in [0.15, 0.2) is 5.11 Å². The summed E-state index contributed by atoms with van der Waals surface area (Å²) < 4.78 is 5.16. The van der Waals surface area contributed by atoms with Crippen LogP contribution in [0.3, 0.4) is 0 Å². The van der Waals surface area contributed by atoms with Crippen molar-refractivity contribution in [3.8, 4) is 0 Å². The topological polar surface area (TPSA) is 60.8 Å². The fraction of sp³-hybridized carbons (Fsp3) is 0.200. The van der Waals surface area contributed by atoms with Gasteiger partial charge in [0.05, 0.1) is 6.26 Å². The molecule has 6 nitrogen and oxygen atoms in total. The highest BCUT2D eigenvalue weighted by Gasteiger charge is 2.18. The number of hydrogen-bond acceptors (Lipinski definition) is 5. The van der Waals surface area contributed by atoms with Gasteiger partial charge in [0.2, 0.25) is 5.91 Å². The SMILES string of the molecule is O=C(/C=C/c1ccco1)NC(=S)Nc1ccc(N2CCN(Cc3ccccc3Cl)CC2)cc1. The number of carbonyl (C=O) groups excluding carboxylic acids is 1. The number of piperazine rings is 1. The van der Waals surface area contributed by atoms with Gasteiger partial charge in [-0.3, -0.25) is 15.0 Å². The summed E-state index contributed by atoms with van der Waals surface area (Å²) in [5.74, 6) is 0.277. The fourth-order valence-corrected chi connectivity index (χ4v) is 4.06. The fourth-order valence-electron chi connectivity index (χ4n) is 3.65. The molecule has 0 unspecified atom stereocenters. The lowest BCUT2D eigenvalue weighted by molar-refractivity contribution is -0.115. The quantitative estimate of drug-likeness (QED) is 0.391. The molecule has 1 fully saturated rings. The van der Waals surface area contributed by atoms with Gasteiger partial charge in [-0.05, 0) is 66.3 Å². The number of amides is 1. The molecule has 8 heteroatoms. The van der Waals surface area contributed by atoms with Crippen LogP contribution in [0.1, 0.15) is 11.3 Å². The van der Waals surface area contributed by atoms with E-state index in [1.54, 1.807) is 24.5 Å². The molecule has 1 saturated heterocycles. The number of furan rings is 1. The van der Waals surface area contributed by atoms with Crippen molar-refractivity contribution >= 4 is 52.3 Å². The van der Waals surface area contributed by atoms with E-state index >= 15 is 0 Å². The van der Waals surface area contributed by atoms with Gasteiger partial charge in [-0.25, -0.2) is 0 Å². The Kier molecular flexibility index (Phi) is 7.78. The van der Waals surface area contributed by atoms with Crippen molar-refractivity contribution in [3.63, 3.8) is 0 Å². The number of benzene rings is 2. The van der Waals surface area contributed by atoms with Crippen molar-refractivity contribution in [3.05, 3.63) is 89.3 Å². The molecule has 1 aliphatic rings. The average molecular weight is 481 g/mol. The van der Waals surface area contributed by atoms with Gasteiger partial charge in [-0.15, -0.1) is 0 Å². The van der Waals surface area contributed by atoms with Crippen molar-refractivity contribution < 1.29 is 9.21 Å². The number of nitrogens with zero attached hydrogens (tertiary/aromatic N) is 2. The Morgan fingerprint density at radius 3 is 2.48 bits per heavy atom. The lowest BCUT2D eigenvalue weighted by atomic mass is 10.2. The van der Waals surface area contributed by atoms with Crippen LogP contribution in [0.25, 0.3) is 6.08 Å². The molecule has 2 aromatic carbocycles. The monoisotopic (exact) mass is 480 g/mol. The Bertz CT molecular complexity index is 1110. The van der Waals surface area contributed by atoms with Crippen LogP contribution in [0.5, 0.6) is 0 Å². The molecule has 1 aliphatic heterocycles. The molecular weight excluding hydrogens is 456 g/mol. The van der Waals surface area contributed by atoms with Crippen molar-refractivity contribution in [2.45, 2.75) is 6.54 Å². The number of carbonyl (C=O) groups is 1. The maximum atomic E-state index is 12.0. The molecule has 0 atom stereocenters. The summed E-state index contributed by atoms with van der Waals surface area (Å²) in [5.41, 5.74) is 3.15. The van der Waals surface area contributed by atoms with Gasteiger partial charge in [-0.1, -0.05) is 29.8 Å². The van der Waals surface area contributed by atoms with Crippen LogP contribution < -0.4 is 15.5 Å². The van der Waals surface area contributed by atoms with Crippen molar-refractivity contribution in [2.75, 3.05) is 36.4 Å². The highest BCUT2D eigenvalue weighted by Crippen LogP contribution is 2.22. The summed E-state index contributed by atoms with van der Waals surface area (Å²) in [6.45, 7) is 4.73. The Labute approximate surface area is 203 Å². The van der Waals surface area contributed by atoms with E-state index in [9.17, 15) is 4.79 Å². The van der Waals surface area contributed by atoms with Gasteiger partial charge < -0.3 is 14.6 Å². The van der Waals surface area contributed by atoms with Gasteiger partial charge in [0.25, 0.3) is 0 Å². The van der Waals surface area contributed by atoms with Crippen molar-refractivity contribution in [2.24, 2.45) is 0 Å². The molecule has 3 aromatic rings. The molecular formula is C25H25ClN4O2S. The Hall–Kier alpha value is -3.13. The van der Waals surface area contributed by atoms with Crippen LogP contribution in [0.15, 0.2) is 77.4 Å². The minimum absolute atomic E-state index is 0.241. The minimum atomic E-state index is -0.324. The molecule has 4 rings (SSSR count). The maximum absolute atomic E-state index is 12.0. The number of rotatable bonds is 6. The van der Waals surface area contributed by atoms with E-state index in [1.165, 1.54) is 11.6 Å². The zero-order valence-corrected chi connectivity index (χ0v) is 19.6. The minimum Gasteiger partial charge on any atom is -0.465 e. The molecule has 33 heavy (non-hydrogen) atoms.